The fraction of sp³-hybridized carbons (Fsp3) is 0.684. The van der Waals surface area contributed by atoms with Crippen molar-refractivity contribution in [2.24, 2.45) is 0 Å². The zero-order valence-corrected chi connectivity index (χ0v) is 31.0. The molecule has 3 N–H and O–H groups in total. The number of hydrogen-bond donors (Lipinski definition) is 3. The second-order valence-electron chi connectivity index (χ2n) is 15.3. The molecule has 2 aromatic heterocycles. The Morgan fingerprint density at radius 1 is 0.917 bits per heavy atom. The van der Waals surface area contributed by atoms with Gasteiger partial charge in [-0.3, -0.25) is 14.7 Å². The molecule has 0 bridgehead atoms. The van der Waals surface area contributed by atoms with Crippen LogP contribution in [0.15, 0.2) is 24.3 Å². The second-order valence-corrected chi connectivity index (χ2v) is 15.6. The molecule has 1 aliphatic carbocycles. The predicted molar refractivity (Wildman–Crippen MR) is 195 cm³/mol. The molecule has 0 saturated heterocycles. The van der Waals surface area contributed by atoms with E-state index in [9.17, 15) is 9.59 Å². The fourth-order valence-corrected chi connectivity index (χ4v) is 7.54. The topological polar surface area (TPSA) is 113 Å². The van der Waals surface area contributed by atoms with Crippen molar-refractivity contribution in [3.8, 4) is 5.75 Å². The molecule has 1 aliphatic rings. The number of fused-ring (bicyclic) bond motifs is 1. The van der Waals surface area contributed by atoms with Gasteiger partial charge in [0.1, 0.15) is 10.8 Å². The largest absolute Gasteiger partial charge is 0.482 e. The van der Waals surface area contributed by atoms with Crippen LogP contribution in [0.3, 0.4) is 0 Å². The summed E-state index contributed by atoms with van der Waals surface area (Å²) in [6.45, 7) is 12.6. The number of anilines is 1. The number of hydrogen-bond acceptors (Lipinski definition) is 5. The Kier molecular flexibility index (Phi) is 13.4. The molecule has 4 rings (SSSR count). The van der Waals surface area contributed by atoms with Crippen LogP contribution in [-0.2, 0) is 20.4 Å². The first kappa shape index (κ1) is 37.7. The van der Waals surface area contributed by atoms with Crippen LogP contribution in [0.4, 0.5) is 5.69 Å². The van der Waals surface area contributed by atoms with Crippen molar-refractivity contribution < 1.29 is 14.3 Å². The molecule has 1 saturated carbocycles. The molecule has 48 heavy (non-hydrogen) atoms. The van der Waals surface area contributed by atoms with Gasteiger partial charge in [-0.1, -0.05) is 135 Å². The molecule has 266 valence electrons. The molecule has 1 fully saturated rings. The maximum absolute atomic E-state index is 13.4. The number of carbonyl (C=O) groups excluding carboxylic acids is 2. The lowest BCUT2D eigenvalue weighted by atomic mass is 9.73. The highest BCUT2D eigenvalue weighted by Gasteiger charge is 2.53. The van der Waals surface area contributed by atoms with Gasteiger partial charge < -0.3 is 15.4 Å². The van der Waals surface area contributed by atoms with Crippen LogP contribution in [0.5, 0.6) is 5.75 Å². The number of amides is 2. The first-order chi connectivity index (χ1) is 22.9. The highest BCUT2D eigenvalue weighted by atomic mass is 35.5. The second kappa shape index (κ2) is 17.0. The maximum atomic E-state index is 13.4. The van der Waals surface area contributed by atoms with E-state index in [2.05, 4.69) is 67.5 Å². The summed E-state index contributed by atoms with van der Waals surface area (Å²) in [6.07, 6.45) is 18.1. The normalized spacial score (nSPS) is 19.6. The van der Waals surface area contributed by atoms with Gasteiger partial charge in [0.15, 0.2) is 18.1 Å². The lowest BCUT2D eigenvalue weighted by molar-refractivity contribution is -0.125. The molecule has 0 aliphatic heterocycles. The minimum absolute atomic E-state index is 0.0320. The predicted octanol–water partition coefficient (Wildman–Crippen LogP) is 9.43. The number of rotatable bonds is 19. The van der Waals surface area contributed by atoms with Gasteiger partial charge in [-0.05, 0) is 38.3 Å². The number of para-hydroxylation sites is 2. The van der Waals surface area contributed by atoms with E-state index in [1.165, 1.54) is 64.2 Å². The van der Waals surface area contributed by atoms with E-state index in [4.69, 9.17) is 16.3 Å². The summed E-state index contributed by atoms with van der Waals surface area (Å²) in [4.78, 5) is 26.1. The van der Waals surface area contributed by atoms with Crippen LogP contribution in [0.1, 0.15) is 156 Å². The standard InChI is InChI=1S/C38H59ClN6O3/c1-7-8-9-10-11-12-13-14-15-16-17-18-24-30(46)40-28-22-19-20-23-29(28)48-27-31(47)41-38(6)26-21-25-37(38,5)35-43-42-34-32(39)33(36(2,3)4)44-45(34)35/h19-20,22-23,44H,7-18,21,24-27H2,1-6H3,(H,40,46)(H,41,47). The van der Waals surface area contributed by atoms with Crippen molar-refractivity contribution in [2.45, 2.75) is 161 Å². The molecular weight excluding hydrogens is 624 g/mol. The number of halogens is 1. The summed E-state index contributed by atoms with van der Waals surface area (Å²) >= 11 is 6.71. The van der Waals surface area contributed by atoms with Crippen molar-refractivity contribution in [2.75, 3.05) is 11.9 Å². The quantitative estimate of drug-likeness (QED) is 0.109. The van der Waals surface area contributed by atoms with Gasteiger partial charge in [0, 0.05) is 17.4 Å². The van der Waals surface area contributed by atoms with Crippen LogP contribution < -0.4 is 15.4 Å². The summed E-state index contributed by atoms with van der Waals surface area (Å²) in [5.74, 6) is 0.960. The van der Waals surface area contributed by atoms with E-state index < -0.39 is 11.0 Å². The van der Waals surface area contributed by atoms with Crippen LogP contribution in [0, 0.1) is 0 Å². The molecule has 10 heteroatoms. The summed E-state index contributed by atoms with van der Waals surface area (Å²) in [5, 5.41) is 19.3. The van der Waals surface area contributed by atoms with Gasteiger partial charge in [0.05, 0.1) is 16.8 Å². The van der Waals surface area contributed by atoms with E-state index >= 15 is 0 Å². The molecule has 0 radical (unpaired) electrons. The Morgan fingerprint density at radius 2 is 1.54 bits per heavy atom. The number of nitrogens with zero attached hydrogens (tertiary/aromatic N) is 3. The average Bonchev–Trinajstić information content (AvgIpc) is 3.70. The van der Waals surface area contributed by atoms with Crippen molar-refractivity contribution >= 4 is 34.7 Å². The molecule has 3 aromatic rings. The molecule has 2 amide bonds. The number of carbonyl (C=O) groups is 2. The number of ether oxygens (including phenoxy) is 1. The third-order valence-corrected chi connectivity index (χ3v) is 10.7. The number of aromatic amines is 1. The van der Waals surface area contributed by atoms with E-state index in [1.54, 1.807) is 6.07 Å². The van der Waals surface area contributed by atoms with E-state index in [0.717, 1.165) is 43.6 Å². The molecule has 1 aromatic carbocycles. The molecule has 2 unspecified atom stereocenters. The lowest BCUT2D eigenvalue weighted by Crippen LogP contribution is -2.57. The minimum atomic E-state index is -0.585. The first-order valence-corrected chi connectivity index (χ1v) is 18.7. The smallest absolute Gasteiger partial charge is 0.258 e. The fourth-order valence-electron chi connectivity index (χ4n) is 7.09. The van der Waals surface area contributed by atoms with Crippen LogP contribution >= 0.6 is 11.6 Å². The first-order valence-electron chi connectivity index (χ1n) is 18.4. The van der Waals surface area contributed by atoms with Crippen LogP contribution in [0.2, 0.25) is 5.02 Å². The van der Waals surface area contributed by atoms with Gasteiger partial charge in [-0.15, -0.1) is 10.2 Å². The molecular formula is C38H59ClN6O3. The van der Waals surface area contributed by atoms with Gasteiger partial charge in [0.25, 0.3) is 5.91 Å². The Morgan fingerprint density at radius 3 is 2.19 bits per heavy atom. The monoisotopic (exact) mass is 682 g/mol. The third-order valence-electron chi connectivity index (χ3n) is 10.3. The van der Waals surface area contributed by atoms with Gasteiger partial charge >= 0.3 is 0 Å². The number of H-pyrrole nitrogens is 1. The molecule has 0 spiro atoms. The SMILES string of the molecule is CCCCCCCCCCCCCCC(=O)Nc1ccccc1OCC(=O)NC1(C)CCCC1(C)c1nnc2c(Cl)c(C(C)(C)C)[nH]n12. The van der Waals surface area contributed by atoms with Crippen molar-refractivity contribution in [3.63, 3.8) is 0 Å². The van der Waals surface area contributed by atoms with Gasteiger partial charge in [-0.25, -0.2) is 4.52 Å². The number of aromatic nitrogens is 4. The van der Waals surface area contributed by atoms with E-state index in [0.29, 0.717) is 28.5 Å². The minimum Gasteiger partial charge on any atom is -0.482 e. The van der Waals surface area contributed by atoms with Crippen molar-refractivity contribution in [1.29, 1.82) is 0 Å². The maximum Gasteiger partial charge on any atom is 0.258 e. The summed E-state index contributed by atoms with van der Waals surface area (Å²) in [6, 6.07) is 7.29. The molecule has 2 heterocycles. The Hall–Kier alpha value is -3.07. The van der Waals surface area contributed by atoms with Gasteiger partial charge in [0.2, 0.25) is 5.91 Å². The van der Waals surface area contributed by atoms with Gasteiger partial charge in [-0.2, -0.15) is 0 Å². The highest BCUT2D eigenvalue weighted by Crippen LogP contribution is 2.48. The Labute approximate surface area is 292 Å². The Balaban J connectivity index is 1.24. The molecule has 2 atom stereocenters. The summed E-state index contributed by atoms with van der Waals surface area (Å²) in [7, 11) is 0. The zero-order valence-electron chi connectivity index (χ0n) is 30.3. The van der Waals surface area contributed by atoms with Crippen LogP contribution in [-0.4, -0.2) is 43.8 Å². The lowest BCUT2D eigenvalue weighted by Gasteiger charge is -2.40. The van der Waals surface area contributed by atoms with Crippen molar-refractivity contribution in [1.82, 2.24) is 25.1 Å². The zero-order chi connectivity index (χ0) is 34.8. The number of benzene rings is 1. The molecule has 9 nitrogen and oxygen atoms in total. The van der Waals surface area contributed by atoms with Crippen LogP contribution in [0.25, 0.3) is 5.65 Å². The third kappa shape index (κ3) is 9.33. The summed E-state index contributed by atoms with van der Waals surface area (Å²) in [5.41, 5.74) is 0.802. The average molecular weight is 683 g/mol. The Bertz CT molecular complexity index is 1490. The number of unbranched alkanes of at least 4 members (excludes halogenated alkanes) is 11. The van der Waals surface area contributed by atoms with E-state index in [-0.39, 0.29) is 23.8 Å². The van der Waals surface area contributed by atoms with E-state index in [1.807, 2.05) is 22.7 Å². The van der Waals surface area contributed by atoms with Crippen molar-refractivity contribution in [3.05, 3.63) is 40.8 Å². The highest BCUT2D eigenvalue weighted by molar-refractivity contribution is 6.34. The summed E-state index contributed by atoms with van der Waals surface area (Å²) < 4.78 is 7.85. The number of nitrogens with one attached hydrogen (secondary N) is 3.